The van der Waals surface area contributed by atoms with Gasteiger partial charge in [-0.05, 0) is 31.4 Å². The quantitative estimate of drug-likeness (QED) is 0.220. The number of ketones is 1. The van der Waals surface area contributed by atoms with Crippen molar-refractivity contribution in [2.75, 3.05) is 26.9 Å². The Balaban J connectivity index is 2.94. The van der Waals surface area contributed by atoms with E-state index in [0.717, 1.165) is 5.56 Å². The summed E-state index contributed by atoms with van der Waals surface area (Å²) in [6, 6.07) is 7.58. The Morgan fingerprint density at radius 3 is 2.29 bits per heavy atom. The molecule has 0 bridgehead atoms. The number of hydrogen-bond acceptors (Lipinski definition) is 6. The summed E-state index contributed by atoms with van der Waals surface area (Å²) >= 11 is 0. The molecule has 0 unspecified atom stereocenters. The summed E-state index contributed by atoms with van der Waals surface area (Å²) in [4.78, 5) is 37.9. The first-order valence-corrected chi connectivity index (χ1v) is 10.5. The summed E-state index contributed by atoms with van der Waals surface area (Å²) in [5.74, 6) is -1.36. The average molecular weight is 434 g/mol. The van der Waals surface area contributed by atoms with Crippen molar-refractivity contribution in [3.05, 3.63) is 48.4 Å². The highest BCUT2D eigenvalue weighted by Gasteiger charge is 2.30. The molecule has 0 heterocycles. The van der Waals surface area contributed by atoms with E-state index in [0.29, 0.717) is 26.2 Å². The van der Waals surface area contributed by atoms with Gasteiger partial charge in [0.1, 0.15) is 18.7 Å². The monoisotopic (exact) mass is 433 g/mol. The number of rotatable bonds is 15. The maximum atomic E-state index is 13.1. The predicted octanol–water partition coefficient (Wildman–Crippen LogP) is 1.56. The lowest BCUT2D eigenvalue weighted by atomic mass is 9.99. The van der Waals surface area contributed by atoms with Crippen LogP contribution in [-0.4, -0.2) is 56.5 Å². The fourth-order valence-corrected chi connectivity index (χ4v) is 2.92. The van der Waals surface area contributed by atoms with Crippen LogP contribution in [0.25, 0.3) is 0 Å². The van der Waals surface area contributed by atoms with Crippen molar-refractivity contribution in [3.63, 3.8) is 0 Å². The van der Waals surface area contributed by atoms with E-state index in [4.69, 9.17) is 9.47 Å². The van der Waals surface area contributed by atoms with E-state index in [9.17, 15) is 14.4 Å². The fourth-order valence-electron chi connectivity index (χ4n) is 2.92. The smallest absolute Gasteiger partial charge is 0.289 e. The van der Waals surface area contributed by atoms with Gasteiger partial charge >= 0.3 is 0 Å². The highest BCUT2D eigenvalue weighted by molar-refractivity contribution is 6.38. The van der Waals surface area contributed by atoms with Crippen molar-refractivity contribution in [2.45, 2.75) is 45.7 Å². The van der Waals surface area contributed by atoms with Gasteiger partial charge in [-0.25, -0.2) is 0 Å². The molecule has 0 fully saturated rings. The molecule has 8 heteroatoms. The second-order valence-corrected chi connectivity index (χ2v) is 7.57. The lowest BCUT2D eigenvalue weighted by Crippen LogP contribution is -2.54. The van der Waals surface area contributed by atoms with Crippen molar-refractivity contribution >= 4 is 17.6 Å². The summed E-state index contributed by atoms with van der Waals surface area (Å²) in [5, 5.41) is 8.23. The van der Waals surface area contributed by atoms with E-state index >= 15 is 0 Å². The molecule has 2 amide bonds. The van der Waals surface area contributed by atoms with E-state index in [2.05, 4.69) is 22.5 Å². The number of methoxy groups -OCH3 is 1. The Morgan fingerprint density at radius 2 is 1.71 bits per heavy atom. The topological polar surface area (TPSA) is 106 Å². The van der Waals surface area contributed by atoms with Gasteiger partial charge in [-0.15, -0.1) is 0 Å². The number of likely N-dealkylation sites (N-methyl/N-ethyl adjacent to an activating group) is 1. The van der Waals surface area contributed by atoms with Gasteiger partial charge in [-0.2, -0.15) is 0 Å². The molecule has 1 rings (SSSR count). The number of amides is 2. The summed E-state index contributed by atoms with van der Waals surface area (Å²) in [7, 11) is 1.56. The number of carbonyl (C=O) groups excluding carboxylic acids is 3. The number of Topliss-reactive ketones (excluding diaryl/α,β-unsaturated/α-hetero) is 1. The number of carbonyl (C=O) groups is 3. The first-order chi connectivity index (χ1) is 14.8. The van der Waals surface area contributed by atoms with E-state index in [1.54, 1.807) is 14.0 Å². The van der Waals surface area contributed by atoms with Crippen LogP contribution in [0.3, 0.4) is 0 Å². The second kappa shape index (κ2) is 14.2. The van der Waals surface area contributed by atoms with E-state index in [-0.39, 0.29) is 18.2 Å². The molecule has 0 saturated heterocycles. The number of benzene rings is 1. The van der Waals surface area contributed by atoms with Crippen molar-refractivity contribution in [1.82, 2.24) is 16.0 Å². The predicted molar refractivity (Wildman–Crippen MR) is 119 cm³/mol. The molecule has 172 valence electrons. The maximum absolute atomic E-state index is 13.1. The highest BCUT2D eigenvalue weighted by atomic mass is 16.5. The molecular formula is C23H35N3O5. The molecule has 0 radical (unpaired) electrons. The van der Waals surface area contributed by atoms with Gasteiger partial charge in [-0.3, -0.25) is 14.4 Å². The van der Waals surface area contributed by atoms with Crippen molar-refractivity contribution in [2.24, 2.45) is 5.92 Å². The zero-order chi connectivity index (χ0) is 23.2. The first kappa shape index (κ1) is 26.2. The van der Waals surface area contributed by atoms with Crippen LogP contribution in [0, 0.1) is 5.92 Å². The molecule has 0 aliphatic carbocycles. The largest absolute Gasteiger partial charge is 0.477 e. The van der Waals surface area contributed by atoms with Crippen LogP contribution in [0.1, 0.15) is 32.8 Å². The third-order valence-corrected chi connectivity index (χ3v) is 4.40. The molecule has 0 saturated carbocycles. The zero-order valence-electron chi connectivity index (χ0n) is 18.9. The van der Waals surface area contributed by atoms with E-state index in [1.165, 1.54) is 0 Å². The molecule has 3 N–H and O–H groups in total. The third kappa shape index (κ3) is 10.1. The van der Waals surface area contributed by atoms with Crippen molar-refractivity contribution < 1.29 is 23.9 Å². The van der Waals surface area contributed by atoms with Gasteiger partial charge in [0.15, 0.2) is 5.88 Å². The Hall–Kier alpha value is -2.87. The molecule has 1 aromatic carbocycles. The fraction of sp³-hybridized carbons (Fsp3) is 0.522. The van der Waals surface area contributed by atoms with Gasteiger partial charge in [0.05, 0.1) is 6.61 Å². The summed E-state index contributed by atoms with van der Waals surface area (Å²) in [6.45, 7) is 10.5. The van der Waals surface area contributed by atoms with Crippen LogP contribution in [0.4, 0.5) is 0 Å². The Labute approximate surface area is 184 Å². The standard InChI is InChI=1S/C23H35N3O5/c1-6-24-23(29)21(27)19(15-18-10-8-7-9-11-18)26-22(28)20(14-16(2)3)25-17(4)31-13-12-30-5/h7-11,16,19-20,25H,4,6,12-15H2,1-3,5H3,(H,24,29)(H,26,28)/t19-,20-/m0/s1. The molecular weight excluding hydrogens is 398 g/mol. The van der Waals surface area contributed by atoms with Gasteiger partial charge in [0.2, 0.25) is 11.7 Å². The van der Waals surface area contributed by atoms with Crippen LogP contribution in [-0.2, 0) is 30.3 Å². The molecule has 31 heavy (non-hydrogen) atoms. The summed E-state index contributed by atoms with van der Waals surface area (Å²) < 4.78 is 10.4. The normalized spacial score (nSPS) is 12.5. The Bertz CT molecular complexity index is 721. The van der Waals surface area contributed by atoms with Gasteiger partial charge in [0.25, 0.3) is 5.91 Å². The lowest BCUT2D eigenvalue weighted by molar-refractivity contribution is -0.140. The first-order valence-electron chi connectivity index (χ1n) is 10.5. The Morgan fingerprint density at radius 1 is 1.03 bits per heavy atom. The van der Waals surface area contributed by atoms with E-state index < -0.39 is 29.7 Å². The minimum atomic E-state index is -0.986. The lowest BCUT2D eigenvalue weighted by Gasteiger charge is -2.25. The average Bonchev–Trinajstić information content (AvgIpc) is 2.73. The van der Waals surface area contributed by atoms with Crippen LogP contribution in [0.15, 0.2) is 42.8 Å². The van der Waals surface area contributed by atoms with Crippen molar-refractivity contribution in [3.8, 4) is 0 Å². The van der Waals surface area contributed by atoms with Crippen LogP contribution < -0.4 is 16.0 Å². The van der Waals surface area contributed by atoms with Gasteiger partial charge < -0.3 is 25.4 Å². The molecule has 0 aliphatic rings. The molecule has 0 aromatic heterocycles. The zero-order valence-corrected chi connectivity index (χ0v) is 18.9. The number of nitrogens with one attached hydrogen (secondary N) is 3. The van der Waals surface area contributed by atoms with Crippen LogP contribution in [0.5, 0.6) is 0 Å². The van der Waals surface area contributed by atoms with Crippen LogP contribution >= 0.6 is 0 Å². The minimum absolute atomic E-state index is 0.196. The van der Waals surface area contributed by atoms with Crippen LogP contribution in [0.2, 0.25) is 0 Å². The summed E-state index contributed by atoms with van der Waals surface area (Å²) in [6.07, 6.45) is 0.703. The maximum Gasteiger partial charge on any atom is 0.289 e. The molecule has 0 aliphatic heterocycles. The Kier molecular flexibility index (Phi) is 12.0. The van der Waals surface area contributed by atoms with Gasteiger partial charge in [-0.1, -0.05) is 44.2 Å². The van der Waals surface area contributed by atoms with Gasteiger partial charge in [0, 0.05) is 20.1 Å². The minimum Gasteiger partial charge on any atom is -0.477 e. The highest BCUT2D eigenvalue weighted by Crippen LogP contribution is 2.10. The SMILES string of the molecule is C=C(N[C@@H](CC(C)C)C(=O)N[C@@H](Cc1ccccc1)C(=O)C(=O)NCC)OCCOC. The molecule has 0 spiro atoms. The van der Waals surface area contributed by atoms with E-state index in [1.807, 2.05) is 44.2 Å². The molecule has 2 atom stereocenters. The molecule has 8 nitrogen and oxygen atoms in total. The second-order valence-electron chi connectivity index (χ2n) is 7.57. The molecule has 1 aromatic rings. The number of ether oxygens (including phenoxy) is 2. The number of hydrogen-bond donors (Lipinski definition) is 3. The summed E-state index contributed by atoms with van der Waals surface area (Å²) in [5.41, 5.74) is 0.839. The van der Waals surface area contributed by atoms with Crippen molar-refractivity contribution in [1.29, 1.82) is 0 Å². The third-order valence-electron chi connectivity index (χ3n) is 4.40.